The van der Waals surface area contributed by atoms with Crippen molar-refractivity contribution >= 4 is 22.9 Å². The second kappa shape index (κ2) is 8.00. The lowest BCUT2D eigenvalue weighted by Gasteiger charge is -2.32. The second-order valence-electron chi connectivity index (χ2n) is 7.41. The van der Waals surface area contributed by atoms with Crippen LogP contribution in [-0.2, 0) is 18.3 Å². The largest absolute Gasteiger partial charge is 0.355 e. The maximum Gasteiger partial charge on any atom is 0.224 e. The Labute approximate surface area is 164 Å². The Kier molecular flexibility index (Phi) is 5.28. The number of hydrogen-bond acceptors (Lipinski definition) is 3. The summed E-state index contributed by atoms with van der Waals surface area (Å²) in [6.07, 6.45) is 2.56. The molecule has 0 aliphatic carbocycles. The van der Waals surface area contributed by atoms with Gasteiger partial charge in [-0.15, -0.1) is 0 Å². The van der Waals surface area contributed by atoms with Crippen molar-refractivity contribution in [1.82, 2.24) is 14.9 Å². The van der Waals surface area contributed by atoms with Crippen molar-refractivity contribution in [3.8, 4) is 0 Å². The van der Waals surface area contributed by atoms with E-state index in [1.807, 2.05) is 25.2 Å². The summed E-state index contributed by atoms with van der Waals surface area (Å²) >= 11 is 0. The Morgan fingerprint density at radius 1 is 1.21 bits per heavy atom. The molecule has 0 saturated carbocycles. The van der Waals surface area contributed by atoms with E-state index in [2.05, 4.69) is 20.9 Å². The number of fused-ring (bicyclic) bond motifs is 1. The molecule has 6 heteroatoms. The molecular formula is C22H25FN4O. The molecule has 146 valence electrons. The van der Waals surface area contributed by atoms with Crippen molar-refractivity contribution in [3.63, 3.8) is 0 Å². The van der Waals surface area contributed by atoms with Crippen molar-refractivity contribution in [2.45, 2.75) is 19.3 Å². The highest BCUT2D eigenvalue weighted by Gasteiger charge is 2.28. The maximum atomic E-state index is 13.0. The first kappa shape index (κ1) is 18.5. The van der Waals surface area contributed by atoms with Crippen molar-refractivity contribution < 1.29 is 9.18 Å². The highest BCUT2D eigenvalue weighted by atomic mass is 19.1. The van der Waals surface area contributed by atoms with E-state index < -0.39 is 0 Å². The lowest BCUT2D eigenvalue weighted by molar-refractivity contribution is -0.125. The molecule has 1 aliphatic heterocycles. The fraction of sp³-hybridized carbons (Fsp3) is 0.364. The molecule has 5 nitrogen and oxygen atoms in total. The van der Waals surface area contributed by atoms with Gasteiger partial charge in [0.05, 0.1) is 17.0 Å². The van der Waals surface area contributed by atoms with Gasteiger partial charge in [0.1, 0.15) is 5.82 Å². The van der Waals surface area contributed by atoms with E-state index >= 15 is 0 Å². The standard InChI is InChI=1S/C22H25FN4O/c1-26-20-7-3-2-6-19(20)25-22(26)27-14-4-5-17(15-27)21(28)24-13-12-16-8-10-18(23)11-9-16/h2-3,6-11,17H,4-5,12-15H2,1H3,(H,24,28). The predicted molar refractivity (Wildman–Crippen MR) is 109 cm³/mol. The van der Waals surface area contributed by atoms with Gasteiger partial charge in [-0.3, -0.25) is 4.79 Å². The van der Waals surface area contributed by atoms with E-state index in [0.29, 0.717) is 19.5 Å². The van der Waals surface area contributed by atoms with Crippen molar-refractivity contribution in [1.29, 1.82) is 0 Å². The van der Waals surface area contributed by atoms with Crippen LogP contribution in [-0.4, -0.2) is 35.1 Å². The number of carbonyl (C=O) groups is 1. The number of anilines is 1. The molecule has 4 rings (SSSR count). The molecule has 1 saturated heterocycles. The number of nitrogens with zero attached hydrogens (tertiary/aromatic N) is 3. The predicted octanol–water partition coefficient (Wildman–Crippen LogP) is 3.29. The fourth-order valence-electron chi connectivity index (χ4n) is 3.91. The fourth-order valence-corrected chi connectivity index (χ4v) is 3.91. The zero-order chi connectivity index (χ0) is 19.5. The highest BCUT2D eigenvalue weighted by molar-refractivity contribution is 5.81. The van der Waals surface area contributed by atoms with Gasteiger partial charge in [-0.1, -0.05) is 24.3 Å². The Balaban J connectivity index is 1.36. The third-order valence-electron chi connectivity index (χ3n) is 5.46. The van der Waals surface area contributed by atoms with Gasteiger partial charge in [-0.25, -0.2) is 9.37 Å². The summed E-state index contributed by atoms with van der Waals surface area (Å²) in [6.45, 7) is 2.16. The zero-order valence-corrected chi connectivity index (χ0v) is 16.1. The smallest absolute Gasteiger partial charge is 0.224 e. The van der Waals surface area contributed by atoms with Crippen LogP contribution in [0.4, 0.5) is 10.3 Å². The SMILES string of the molecule is Cn1c(N2CCCC(C(=O)NCCc3ccc(F)cc3)C2)nc2ccccc21. The maximum absolute atomic E-state index is 13.0. The minimum atomic E-state index is -0.239. The van der Waals surface area contributed by atoms with E-state index in [1.165, 1.54) is 12.1 Å². The van der Waals surface area contributed by atoms with Crippen LogP contribution < -0.4 is 10.2 Å². The number of benzene rings is 2. The third kappa shape index (κ3) is 3.86. The molecule has 1 amide bonds. The average molecular weight is 380 g/mol. The van der Waals surface area contributed by atoms with Gasteiger partial charge < -0.3 is 14.8 Å². The van der Waals surface area contributed by atoms with Crippen LogP contribution in [0.1, 0.15) is 18.4 Å². The topological polar surface area (TPSA) is 50.2 Å². The Morgan fingerprint density at radius 3 is 2.79 bits per heavy atom. The zero-order valence-electron chi connectivity index (χ0n) is 16.1. The number of carbonyl (C=O) groups excluding carboxylic acids is 1. The van der Waals surface area contributed by atoms with Gasteiger partial charge in [0.2, 0.25) is 11.9 Å². The summed E-state index contributed by atoms with van der Waals surface area (Å²) in [7, 11) is 2.02. The normalized spacial score (nSPS) is 17.1. The summed E-state index contributed by atoms with van der Waals surface area (Å²) < 4.78 is 15.1. The molecule has 0 bridgehead atoms. The van der Waals surface area contributed by atoms with E-state index in [9.17, 15) is 9.18 Å². The minimum absolute atomic E-state index is 0.0400. The van der Waals surface area contributed by atoms with Crippen LogP contribution in [0.3, 0.4) is 0 Å². The number of nitrogens with one attached hydrogen (secondary N) is 1. The number of aromatic nitrogens is 2. The van der Waals surface area contributed by atoms with Crippen LogP contribution >= 0.6 is 0 Å². The Morgan fingerprint density at radius 2 is 2.00 bits per heavy atom. The van der Waals surface area contributed by atoms with Crippen LogP contribution in [0.2, 0.25) is 0 Å². The van der Waals surface area contributed by atoms with Gasteiger partial charge in [0.25, 0.3) is 0 Å². The summed E-state index contributed by atoms with van der Waals surface area (Å²) in [5, 5.41) is 3.04. The molecule has 0 spiro atoms. The summed E-state index contributed by atoms with van der Waals surface area (Å²) in [5.74, 6) is 0.731. The first-order chi connectivity index (χ1) is 13.6. The van der Waals surface area contributed by atoms with Gasteiger partial charge in [0, 0.05) is 26.7 Å². The molecule has 1 N–H and O–H groups in total. The number of halogens is 1. The number of para-hydroxylation sites is 2. The van der Waals surface area contributed by atoms with E-state index in [0.717, 1.165) is 41.9 Å². The van der Waals surface area contributed by atoms with Crippen LogP contribution in [0.25, 0.3) is 11.0 Å². The summed E-state index contributed by atoms with van der Waals surface area (Å²) in [6, 6.07) is 14.5. The summed E-state index contributed by atoms with van der Waals surface area (Å²) in [4.78, 5) is 19.6. The molecule has 3 aromatic rings. The molecular weight excluding hydrogens is 355 g/mol. The minimum Gasteiger partial charge on any atom is -0.355 e. The number of piperidine rings is 1. The summed E-state index contributed by atoms with van der Waals surface area (Å²) in [5.41, 5.74) is 3.10. The number of amides is 1. The van der Waals surface area contributed by atoms with Crippen LogP contribution in [0.15, 0.2) is 48.5 Å². The van der Waals surface area contributed by atoms with E-state index in [-0.39, 0.29) is 17.6 Å². The number of imidazole rings is 1. The van der Waals surface area contributed by atoms with Crippen LogP contribution in [0, 0.1) is 11.7 Å². The molecule has 1 atom stereocenters. The van der Waals surface area contributed by atoms with E-state index in [1.54, 1.807) is 12.1 Å². The number of aryl methyl sites for hydroxylation is 1. The van der Waals surface area contributed by atoms with Gasteiger partial charge >= 0.3 is 0 Å². The van der Waals surface area contributed by atoms with Crippen molar-refractivity contribution in [2.75, 3.05) is 24.5 Å². The van der Waals surface area contributed by atoms with Crippen LogP contribution in [0.5, 0.6) is 0 Å². The molecule has 1 unspecified atom stereocenters. The van der Waals surface area contributed by atoms with Crippen molar-refractivity contribution in [3.05, 3.63) is 59.9 Å². The lowest BCUT2D eigenvalue weighted by Crippen LogP contribution is -2.44. The Bertz CT molecular complexity index is 966. The third-order valence-corrected chi connectivity index (χ3v) is 5.46. The molecule has 2 heterocycles. The molecule has 0 radical (unpaired) electrons. The highest BCUT2D eigenvalue weighted by Crippen LogP contribution is 2.26. The molecule has 1 fully saturated rings. The monoisotopic (exact) mass is 380 g/mol. The quantitative estimate of drug-likeness (QED) is 0.739. The van der Waals surface area contributed by atoms with Crippen molar-refractivity contribution in [2.24, 2.45) is 13.0 Å². The number of rotatable bonds is 5. The average Bonchev–Trinajstić information content (AvgIpc) is 3.06. The number of hydrogen-bond donors (Lipinski definition) is 1. The Hall–Kier alpha value is -2.89. The molecule has 1 aliphatic rings. The molecule has 1 aromatic heterocycles. The lowest BCUT2D eigenvalue weighted by atomic mass is 9.97. The second-order valence-corrected chi connectivity index (χ2v) is 7.41. The molecule has 2 aromatic carbocycles. The first-order valence-corrected chi connectivity index (χ1v) is 9.80. The van der Waals surface area contributed by atoms with Gasteiger partial charge in [-0.05, 0) is 49.1 Å². The molecule has 28 heavy (non-hydrogen) atoms. The van der Waals surface area contributed by atoms with Gasteiger partial charge in [-0.2, -0.15) is 0 Å². The first-order valence-electron chi connectivity index (χ1n) is 9.80. The van der Waals surface area contributed by atoms with Gasteiger partial charge in [0.15, 0.2) is 0 Å². The van der Waals surface area contributed by atoms with E-state index in [4.69, 9.17) is 4.98 Å².